The van der Waals surface area contributed by atoms with Crippen molar-refractivity contribution in [2.45, 2.75) is 9.79 Å². The van der Waals surface area contributed by atoms with Crippen molar-refractivity contribution in [3.8, 4) is 0 Å². The van der Waals surface area contributed by atoms with E-state index < -0.39 is 78.4 Å². The summed E-state index contributed by atoms with van der Waals surface area (Å²) in [5.74, 6) is -20.0. The van der Waals surface area contributed by atoms with Crippen molar-refractivity contribution in [3.05, 3.63) is 56.8 Å². The summed E-state index contributed by atoms with van der Waals surface area (Å²) in [7, 11) is 0. The molecule has 2 aromatic carbocycles. The first-order valence-electron chi connectivity index (χ1n) is 5.30. The van der Waals surface area contributed by atoms with E-state index in [4.69, 9.17) is 0 Å². The lowest BCUT2D eigenvalue weighted by Gasteiger charge is -2.11. The summed E-state index contributed by atoms with van der Waals surface area (Å²) < 4.78 is 118. The molecule has 0 aliphatic heterocycles. The van der Waals surface area contributed by atoms with Crippen LogP contribution in [0.25, 0.3) is 0 Å². The molecule has 0 saturated heterocycles. The maximum absolute atomic E-state index is 13.6. The SMILES string of the molecule is Fc1c(F)c(F)c(Sc2c(F)c(F)c(Br)c(F)c2F)c(F)c1F. The quantitative estimate of drug-likeness (QED) is 0.329. The van der Waals surface area contributed by atoms with Crippen LogP contribution in [0.2, 0.25) is 0 Å². The summed E-state index contributed by atoms with van der Waals surface area (Å²) in [5, 5.41) is 0. The van der Waals surface area contributed by atoms with Gasteiger partial charge in [0, 0.05) is 0 Å². The highest BCUT2D eigenvalue weighted by atomic mass is 79.9. The Morgan fingerprint density at radius 2 is 0.696 bits per heavy atom. The Bertz CT molecular complexity index is 696. The lowest BCUT2D eigenvalue weighted by atomic mass is 10.3. The highest BCUT2D eigenvalue weighted by Crippen LogP contribution is 2.40. The monoisotopic (exact) mass is 426 g/mol. The van der Waals surface area contributed by atoms with Crippen LogP contribution in [0.3, 0.4) is 0 Å². The van der Waals surface area contributed by atoms with Gasteiger partial charge in [0.2, 0.25) is 5.82 Å². The first-order valence-corrected chi connectivity index (χ1v) is 6.91. The second-order valence-electron chi connectivity index (χ2n) is 3.90. The minimum Gasteiger partial charge on any atom is -0.202 e. The van der Waals surface area contributed by atoms with E-state index in [2.05, 4.69) is 15.9 Å². The largest absolute Gasteiger partial charge is 0.202 e. The van der Waals surface area contributed by atoms with Crippen molar-refractivity contribution in [3.63, 3.8) is 0 Å². The summed E-state index contributed by atoms with van der Waals surface area (Å²) in [6.07, 6.45) is 0. The minimum atomic E-state index is -2.49. The lowest BCUT2D eigenvalue weighted by molar-refractivity contribution is 0.360. The Balaban J connectivity index is 2.71. The van der Waals surface area contributed by atoms with Gasteiger partial charge >= 0.3 is 0 Å². The molecule has 0 radical (unpaired) electrons. The van der Waals surface area contributed by atoms with Gasteiger partial charge in [-0.05, 0) is 15.9 Å². The van der Waals surface area contributed by atoms with Crippen molar-refractivity contribution < 1.29 is 39.5 Å². The molecule has 0 amide bonds. The molecule has 0 heterocycles. The van der Waals surface area contributed by atoms with Gasteiger partial charge in [-0.2, -0.15) is 0 Å². The van der Waals surface area contributed by atoms with E-state index in [0.29, 0.717) is 0 Å². The smallest absolute Gasteiger partial charge is 0.200 e. The van der Waals surface area contributed by atoms with Crippen LogP contribution >= 0.6 is 27.7 Å². The van der Waals surface area contributed by atoms with Gasteiger partial charge in [0.1, 0.15) is 0 Å². The van der Waals surface area contributed by atoms with Gasteiger partial charge in [-0.25, -0.2) is 39.5 Å². The molecule has 0 atom stereocenters. The summed E-state index contributed by atoms with van der Waals surface area (Å²) in [5.41, 5.74) is 0. The van der Waals surface area contributed by atoms with Crippen LogP contribution in [0.15, 0.2) is 14.3 Å². The summed E-state index contributed by atoms with van der Waals surface area (Å²) in [4.78, 5) is -3.31. The molecule has 0 aliphatic carbocycles. The predicted molar refractivity (Wildman–Crippen MR) is 64.3 cm³/mol. The van der Waals surface area contributed by atoms with Gasteiger partial charge in [0.15, 0.2) is 46.5 Å². The van der Waals surface area contributed by atoms with Crippen LogP contribution in [-0.2, 0) is 0 Å². The third-order valence-electron chi connectivity index (χ3n) is 2.54. The Kier molecular flexibility index (Phi) is 4.90. The van der Waals surface area contributed by atoms with Gasteiger partial charge in [-0.15, -0.1) is 0 Å². The van der Waals surface area contributed by atoms with E-state index in [1.165, 1.54) is 0 Å². The molecule has 0 bridgehead atoms. The van der Waals surface area contributed by atoms with Crippen molar-refractivity contribution in [2.75, 3.05) is 0 Å². The lowest BCUT2D eigenvalue weighted by Crippen LogP contribution is -2.05. The van der Waals surface area contributed by atoms with E-state index >= 15 is 0 Å². The Labute approximate surface area is 134 Å². The molecule has 2 aromatic rings. The van der Waals surface area contributed by atoms with Crippen molar-refractivity contribution >= 4 is 27.7 Å². The zero-order chi connectivity index (χ0) is 17.6. The Morgan fingerprint density at radius 3 is 1.04 bits per heavy atom. The van der Waals surface area contributed by atoms with Crippen LogP contribution in [0.4, 0.5) is 39.5 Å². The fourth-order valence-corrected chi connectivity index (χ4v) is 2.72. The molecule has 0 spiro atoms. The van der Waals surface area contributed by atoms with Gasteiger partial charge < -0.3 is 0 Å². The normalized spacial score (nSPS) is 11.2. The first kappa shape index (κ1) is 18.0. The fourth-order valence-electron chi connectivity index (χ4n) is 1.45. The molecule has 0 N–H and O–H groups in total. The Hall–Kier alpha value is -1.36. The van der Waals surface area contributed by atoms with E-state index in [-0.39, 0.29) is 0 Å². The molecular formula is C12BrF9S. The zero-order valence-corrected chi connectivity index (χ0v) is 12.6. The molecular weight excluding hydrogens is 427 g/mol. The average Bonchev–Trinajstić information content (AvgIpc) is 2.54. The average molecular weight is 427 g/mol. The van der Waals surface area contributed by atoms with Crippen molar-refractivity contribution in [1.82, 2.24) is 0 Å². The van der Waals surface area contributed by atoms with Crippen LogP contribution in [-0.4, -0.2) is 0 Å². The number of halogens is 10. The Morgan fingerprint density at radius 1 is 0.435 bits per heavy atom. The summed E-state index contributed by atoms with van der Waals surface area (Å²) in [6, 6.07) is 0. The maximum Gasteiger partial charge on any atom is 0.200 e. The van der Waals surface area contributed by atoms with Crippen LogP contribution in [0.1, 0.15) is 0 Å². The van der Waals surface area contributed by atoms with E-state index in [1.54, 1.807) is 0 Å². The predicted octanol–water partition coefficient (Wildman–Crippen LogP) is 5.85. The van der Waals surface area contributed by atoms with Gasteiger partial charge in [0.25, 0.3) is 0 Å². The second-order valence-corrected chi connectivity index (χ2v) is 5.71. The highest BCUT2D eigenvalue weighted by molar-refractivity contribution is 9.10. The van der Waals surface area contributed by atoms with Gasteiger partial charge in [-0.3, -0.25) is 0 Å². The molecule has 2 rings (SSSR count). The molecule has 23 heavy (non-hydrogen) atoms. The number of rotatable bonds is 2. The van der Waals surface area contributed by atoms with Crippen LogP contribution < -0.4 is 0 Å². The van der Waals surface area contributed by atoms with Crippen molar-refractivity contribution in [1.29, 1.82) is 0 Å². The first-order chi connectivity index (χ1) is 10.6. The number of hydrogen-bond donors (Lipinski definition) is 0. The summed E-state index contributed by atoms with van der Waals surface area (Å²) >= 11 is 1.53. The van der Waals surface area contributed by atoms with E-state index in [9.17, 15) is 39.5 Å². The van der Waals surface area contributed by atoms with Gasteiger partial charge in [-0.1, -0.05) is 11.8 Å². The maximum atomic E-state index is 13.6. The van der Waals surface area contributed by atoms with E-state index in [1.807, 2.05) is 0 Å². The topological polar surface area (TPSA) is 0 Å². The molecule has 0 aliphatic rings. The molecule has 0 saturated carbocycles. The van der Waals surface area contributed by atoms with Crippen LogP contribution in [0, 0.1) is 52.4 Å². The number of hydrogen-bond acceptors (Lipinski definition) is 1. The standard InChI is InChI=1S/C12BrF9S/c13-1-2(14)7(19)11(8(20)3(1)15)23-12-9(21)5(17)4(16)6(18)10(12)22. The minimum absolute atomic E-state index is 0.679. The van der Waals surface area contributed by atoms with Crippen LogP contribution in [0.5, 0.6) is 0 Å². The fraction of sp³-hybridized carbons (Fsp3) is 0. The molecule has 0 unspecified atom stereocenters. The zero-order valence-electron chi connectivity index (χ0n) is 10.2. The third-order valence-corrected chi connectivity index (χ3v) is 4.36. The number of benzene rings is 2. The van der Waals surface area contributed by atoms with Crippen molar-refractivity contribution in [2.24, 2.45) is 0 Å². The molecule has 124 valence electrons. The molecule has 0 fully saturated rings. The second kappa shape index (κ2) is 6.27. The van der Waals surface area contributed by atoms with Gasteiger partial charge in [0.05, 0.1) is 14.3 Å². The highest BCUT2D eigenvalue weighted by Gasteiger charge is 2.30. The molecule has 0 nitrogen and oxygen atoms in total. The van der Waals surface area contributed by atoms with E-state index in [0.717, 1.165) is 0 Å². The summed E-state index contributed by atoms with van der Waals surface area (Å²) in [6.45, 7) is 0. The molecule has 0 aromatic heterocycles. The third kappa shape index (κ3) is 2.80. The molecule has 11 heteroatoms.